The Morgan fingerprint density at radius 3 is 2.68 bits per heavy atom. The second-order valence-corrected chi connectivity index (χ2v) is 7.63. The quantitative estimate of drug-likeness (QED) is 0.783. The zero-order chi connectivity index (χ0) is 14.3. The van der Waals surface area contributed by atoms with E-state index in [4.69, 9.17) is 16.3 Å². The number of morpholine rings is 1. The fraction of sp³-hybridized carbons (Fsp3) is 0.583. The number of rotatable bonds is 2. The van der Waals surface area contributed by atoms with Gasteiger partial charge in [-0.05, 0) is 32.9 Å². The highest BCUT2D eigenvalue weighted by Crippen LogP contribution is 2.26. The SMILES string of the molecule is CC1CN(S(=O)(=O)c2ccc(Cl)nc2)CC(C)(C)O1. The topological polar surface area (TPSA) is 59.5 Å². The van der Waals surface area contributed by atoms with Crippen molar-refractivity contribution < 1.29 is 13.2 Å². The highest BCUT2D eigenvalue weighted by molar-refractivity contribution is 7.89. The van der Waals surface area contributed by atoms with Gasteiger partial charge in [0, 0.05) is 19.3 Å². The van der Waals surface area contributed by atoms with E-state index in [0.29, 0.717) is 13.1 Å². The number of ether oxygens (including phenoxy) is 1. The molecule has 0 bridgehead atoms. The van der Waals surface area contributed by atoms with Gasteiger partial charge < -0.3 is 4.74 Å². The summed E-state index contributed by atoms with van der Waals surface area (Å²) < 4.78 is 32.2. The Bertz CT molecular complexity index is 557. The van der Waals surface area contributed by atoms with E-state index in [1.807, 2.05) is 20.8 Å². The molecule has 0 aliphatic carbocycles. The van der Waals surface area contributed by atoms with Gasteiger partial charge in [-0.3, -0.25) is 0 Å². The van der Waals surface area contributed by atoms with Crippen LogP contribution in [0.2, 0.25) is 5.15 Å². The monoisotopic (exact) mass is 304 g/mol. The van der Waals surface area contributed by atoms with Gasteiger partial charge >= 0.3 is 0 Å². The largest absolute Gasteiger partial charge is 0.370 e. The molecule has 0 aromatic carbocycles. The summed E-state index contributed by atoms with van der Waals surface area (Å²) in [4.78, 5) is 3.98. The number of sulfonamides is 1. The highest BCUT2D eigenvalue weighted by Gasteiger charge is 2.37. The summed E-state index contributed by atoms with van der Waals surface area (Å²) in [6.45, 7) is 6.29. The molecule has 2 rings (SSSR count). The van der Waals surface area contributed by atoms with Gasteiger partial charge in [-0.1, -0.05) is 11.6 Å². The number of hydrogen-bond donors (Lipinski definition) is 0. The van der Waals surface area contributed by atoms with E-state index in [1.165, 1.54) is 22.6 Å². The minimum Gasteiger partial charge on any atom is -0.370 e. The van der Waals surface area contributed by atoms with Crippen molar-refractivity contribution in [2.75, 3.05) is 13.1 Å². The van der Waals surface area contributed by atoms with Crippen LogP contribution in [0.25, 0.3) is 0 Å². The lowest BCUT2D eigenvalue weighted by atomic mass is 10.1. The van der Waals surface area contributed by atoms with Crippen molar-refractivity contribution in [2.24, 2.45) is 0 Å². The minimum absolute atomic E-state index is 0.140. The van der Waals surface area contributed by atoms with Crippen LogP contribution in [0.5, 0.6) is 0 Å². The second-order valence-electron chi connectivity index (χ2n) is 5.30. The molecular weight excluding hydrogens is 288 g/mol. The van der Waals surface area contributed by atoms with Gasteiger partial charge in [-0.25, -0.2) is 13.4 Å². The first-order valence-corrected chi connectivity index (χ1v) is 7.82. The Morgan fingerprint density at radius 2 is 2.16 bits per heavy atom. The van der Waals surface area contributed by atoms with Gasteiger partial charge in [0.2, 0.25) is 10.0 Å². The summed E-state index contributed by atoms with van der Waals surface area (Å²) in [5.41, 5.74) is -0.495. The maximum absolute atomic E-state index is 12.5. The molecule has 1 aliphatic rings. The molecule has 0 amide bonds. The number of hydrogen-bond acceptors (Lipinski definition) is 4. The van der Waals surface area contributed by atoms with Crippen LogP contribution in [0.4, 0.5) is 0 Å². The predicted octanol–water partition coefficient (Wildman–Crippen LogP) is 1.92. The second kappa shape index (κ2) is 5.01. The van der Waals surface area contributed by atoms with Crippen LogP contribution in [0.3, 0.4) is 0 Å². The molecule has 1 saturated heterocycles. The lowest BCUT2D eigenvalue weighted by Crippen LogP contribution is -2.53. The molecule has 0 spiro atoms. The average molecular weight is 305 g/mol. The van der Waals surface area contributed by atoms with Gasteiger partial charge in [0.15, 0.2) is 0 Å². The van der Waals surface area contributed by atoms with Crippen molar-refractivity contribution in [3.63, 3.8) is 0 Å². The van der Waals surface area contributed by atoms with E-state index in [2.05, 4.69) is 4.98 Å². The summed E-state index contributed by atoms with van der Waals surface area (Å²) in [6, 6.07) is 2.95. The third-order valence-electron chi connectivity index (χ3n) is 2.88. The summed E-state index contributed by atoms with van der Waals surface area (Å²) in [6.07, 6.45) is 1.14. The number of halogens is 1. The summed E-state index contributed by atoms with van der Waals surface area (Å²) >= 11 is 5.68. The lowest BCUT2D eigenvalue weighted by Gasteiger charge is -2.40. The van der Waals surface area contributed by atoms with Crippen LogP contribution in [0, 0.1) is 0 Å². The van der Waals surface area contributed by atoms with Crippen LogP contribution in [-0.2, 0) is 14.8 Å². The van der Waals surface area contributed by atoms with E-state index in [9.17, 15) is 8.42 Å². The molecule has 19 heavy (non-hydrogen) atoms. The molecule has 1 fully saturated rings. The molecule has 0 N–H and O–H groups in total. The lowest BCUT2D eigenvalue weighted by molar-refractivity contribution is -0.109. The third kappa shape index (κ3) is 3.25. The zero-order valence-corrected chi connectivity index (χ0v) is 12.7. The van der Waals surface area contributed by atoms with Crippen LogP contribution in [0.1, 0.15) is 20.8 Å². The molecule has 0 radical (unpaired) electrons. The standard InChI is InChI=1S/C12H17ClN2O3S/c1-9-7-15(8-12(2,3)18-9)19(16,17)10-4-5-11(13)14-6-10/h4-6,9H,7-8H2,1-3H3. The Balaban J connectivity index is 2.31. The van der Waals surface area contributed by atoms with Gasteiger partial charge in [-0.2, -0.15) is 4.31 Å². The smallest absolute Gasteiger partial charge is 0.244 e. The fourth-order valence-electron chi connectivity index (χ4n) is 2.24. The van der Waals surface area contributed by atoms with E-state index in [0.717, 1.165) is 0 Å². The number of aromatic nitrogens is 1. The first-order chi connectivity index (χ1) is 8.71. The van der Waals surface area contributed by atoms with Gasteiger partial charge in [0.05, 0.1) is 11.7 Å². The summed E-state index contributed by atoms with van der Waals surface area (Å²) in [7, 11) is -3.55. The van der Waals surface area contributed by atoms with Crippen LogP contribution in [0.15, 0.2) is 23.2 Å². The molecule has 7 heteroatoms. The van der Waals surface area contributed by atoms with Crippen LogP contribution in [-0.4, -0.2) is 42.5 Å². The van der Waals surface area contributed by atoms with E-state index >= 15 is 0 Å². The maximum atomic E-state index is 12.5. The molecule has 5 nitrogen and oxygen atoms in total. The van der Waals surface area contributed by atoms with E-state index in [1.54, 1.807) is 0 Å². The molecule has 0 saturated carbocycles. The van der Waals surface area contributed by atoms with Gasteiger partial charge in [0.25, 0.3) is 0 Å². The summed E-state index contributed by atoms with van der Waals surface area (Å²) in [5, 5.41) is 0.273. The normalized spacial score (nSPS) is 24.3. The fourth-order valence-corrected chi connectivity index (χ4v) is 3.97. The minimum atomic E-state index is -3.55. The van der Waals surface area contributed by atoms with Crippen LogP contribution >= 0.6 is 11.6 Å². The van der Waals surface area contributed by atoms with E-state index < -0.39 is 15.6 Å². The van der Waals surface area contributed by atoms with Crippen molar-refractivity contribution in [2.45, 2.75) is 37.4 Å². The van der Waals surface area contributed by atoms with Crippen LogP contribution < -0.4 is 0 Å². The summed E-state index contributed by atoms with van der Waals surface area (Å²) in [5.74, 6) is 0. The zero-order valence-electron chi connectivity index (χ0n) is 11.1. The van der Waals surface area contributed by atoms with E-state index in [-0.39, 0.29) is 16.2 Å². The molecule has 1 aromatic heterocycles. The average Bonchev–Trinajstić information content (AvgIpc) is 2.26. The number of nitrogens with zero attached hydrogens (tertiary/aromatic N) is 2. The highest BCUT2D eigenvalue weighted by atomic mass is 35.5. The molecule has 1 aliphatic heterocycles. The molecule has 106 valence electrons. The van der Waals surface area contributed by atoms with Gasteiger partial charge in [0.1, 0.15) is 10.0 Å². The molecular formula is C12H17ClN2O3S. The molecule has 1 atom stereocenters. The Labute approximate surface area is 118 Å². The molecule has 1 unspecified atom stereocenters. The third-order valence-corrected chi connectivity index (χ3v) is 4.89. The maximum Gasteiger partial charge on any atom is 0.244 e. The Kier molecular flexibility index (Phi) is 3.88. The first kappa shape index (κ1) is 14.7. The first-order valence-electron chi connectivity index (χ1n) is 6.00. The van der Waals surface area contributed by atoms with Crippen molar-refractivity contribution >= 4 is 21.6 Å². The van der Waals surface area contributed by atoms with Crippen molar-refractivity contribution in [1.29, 1.82) is 0 Å². The number of pyridine rings is 1. The van der Waals surface area contributed by atoms with Gasteiger partial charge in [-0.15, -0.1) is 0 Å². The molecule has 2 heterocycles. The Morgan fingerprint density at radius 1 is 1.47 bits per heavy atom. The Hall–Kier alpha value is -0.690. The van der Waals surface area contributed by atoms with Crippen molar-refractivity contribution in [3.05, 3.63) is 23.5 Å². The van der Waals surface area contributed by atoms with Crippen molar-refractivity contribution in [3.8, 4) is 0 Å². The van der Waals surface area contributed by atoms with Crippen molar-refractivity contribution in [1.82, 2.24) is 9.29 Å². The predicted molar refractivity (Wildman–Crippen MR) is 72.6 cm³/mol. The molecule has 1 aromatic rings.